The minimum atomic E-state index is -3.11. The van der Waals surface area contributed by atoms with Gasteiger partial charge in [0.2, 0.25) is 0 Å². The summed E-state index contributed by atoms with van der Waals surface area (Å²) in [6.45, 7) is 0. The number of hydrogen-bond acceptors (Lipinski definition) is 5. The number of nitrogens with zero attached hydrogens (tertiary/aromatic N) is 1. The number of carbonyl (C=O) groups is 2. The molecule has 2 amide bonds. The van der Waals surface area contributed by atoms with Crippen LogP contribution in [0.4, 0.5) is 5.69 Å². The Morgan fingerprint density at radius 3 is 2.38 bits per heavy atom. The predicted molar refractivity (Wildman–Crippen MR) is 75.0 cm³/mol. The summed E-state index contributed by atoms with van der Waals surface area (Å²) < 4.78 is 22.5. The molecule has 1 aromatic rings. The summed E-state index contributed by atoms with van der Waals surface area (Å²) in [5, 5.41) is 13.4. The first-order valence-corrected chi connectivity index (χ1v) is 8.04. The van der Waals surface area contributed by atoms with E-state index < -0.39 is 27.7 Å². The molecule has 1 unspecified atom stereocenters. The Kier molecular flexibility index (Phi) is 4.23. The fourth-order valence-corrected chi connectivity index (χ4v) is 3.65. The number of nitriles is 1. The number of anilines is 1. The lowest BCUT2D eigenvalue weighted by molar-refractivity contribution is -0.136. The number of benzene rings is 1. The van der Waals surface area contributed by atoms with Crippen molar-refractivity contribution in [2.75, 3.05) is 16.8 Å². The molecule has 0 bridgehead atoms. The maximum absolute atomic E-state index is 11.7. The van der Waals surface area contributed by atoms with Crippen LogP contribution in [0, 0.1) is 11.3 Å². The van der Waals surface area contributed by atoms with Gasteiger partial charge in [0.05, 0.1) is 23.1 Å². The van der Waals surface area contributed by atoms with E-state index in [1.807, 2.05) is 6.07 Å². The van der Waals surface area contributed by atoms with Crippen LogP contribution in [0.15, 0.2) is 24.3 Å². The molecule has 7 nitrogen and oxygen atoms in total. The van der Waals surface area contributed by atoms with Crippen molar-refractivity contribution in [3.63, 3.8) is 0 Å². The number of hydrogen-bond donors (Lipinski definition) is 2. The molecule has 0 radical (unpaired) electrons. The van der Waals surface area contributed by atoms with Crippen molar-refractivity contribution in [3.05, 3.63) is 29.8 Å². The molecular weight excluding hydrogens is 294 g/mol. The predicted octanol–water partition coefficient (Wildman–Crippen LogP) is -0.200. The van der Waals surface area contributed by atoms with Gasteiger partial charge in [-0.2, -0.15) is 5.26 Å². The molecule has 110 valence electrons. The lowest BCUT2D eigenvalue weighted by Gasteiger charge is -2.10. The molecule has 8 heteroatoms. The summed E-state index contributed by atoms with van der Waals surface area (Å²) in [4.78, 5) is 23.3. The highest BCUT2D eigenvalue weighted by molar-refractivity contribution is 7.91. The Morgan fingerprint density at radius 1 is 1.19 bits per heavy atom. The van der Waals surface area contributed by atoms with Crippen molar-refractivity contribution in [1.29, 1.82) is 5.26 Å². The largest absolute Gasteiger partial charge is 0.344 e. The van der Waals surface area contributed by atoms with Crippen molar-refractivity contribution in [2.45, 2.75) is 12.5 Å². The van der Waals surface area contributed by atoms with E-state index >= 15 is 0 Å². The molecule has 0 spiro atoms. The van der Waals surface area contributed by atoms with Crippen LogP contribution in [-0.2, 0) is 19.4 Å². The van der Waals surface area contributed by atoms with Crippen LogP contribution >= 0.6 is 0 Å². The lowest BCUT2D eigenvalue weighted by Crippen LogP contribution is -2.42. The molecule has 1 aliphatic rings. The molecule has 21 heavy (non-hydrogen) atoms. The lowest BCUT2D eigenvalue weighted by atomic mass is 10.2. The van der Waals surface area contributed by atoms with Crippen LogP contribution in [0.1, 0.15) is 12.0 Å². The second-order valence-electron chi connectivity index (χ2n) is 4.72. The van der Waals surface area contributed by atoms with E-state index in [0.717, 1.165) is 0 Å². The van der Waals surface area contributed by atoms with Crippen molar-refractivity contribution in [3.8, 4) is 6.07 Å². The summed E-state index contributed by atoms with van der Waals surface area (Å²) in [5.41, 5.74) is 0.821. The van der Waals surface area contributed by atoms with Gasteiger partial charge >= 0.3 is 11.8 Å². The summed E-state index contributed by atoms with van der Waals surface area (Å²) in [6.07, 6.45) is 0.318. The van der Waals surface area contributed by atoms with Crippen LogP contribution < -0.4 is 10.6 Å². The zero-order valence-corrected chi connectivity index (χ0v) is 11.8. The number of nitrogens with one attached hydrogen (secondary N) is 2. The Labute approximate surface area is 121 Å². The molecule has 2 rings (SSSR count). The third kappa shape index (κ3) is 4.03. The monoisotopic (exact) mass is 307 g/mol. The number of rotatable bonds is 2. The van der Waals surface area contributed by atoms with Gasteiger partial charge in [-0.05, 0) is 30.7 Å². The first-order chi connectivity index (χ1) is 9.89. The summed E-state index contributed by atoms with van der Waals surface area (Å²) in [7, 11) is -3.11. The highest BCUT2D eigenvalue weighted by atomic mass is 32.2. The highest BCUT2D eigenvalue weighted by Crippen LogP contribution is 2.12. The Balaban J connectivity index is 1.91. The molecule has 0 aromatic heterocycles. The first-order valence-electron chi connectivity index (χ1n) is 6.22. The average Bonchev–Trinajstić information content (AvgIpc) is 2.78. The minimum Gasteiger partial charge on any atom is -0.344 e. The Hall–Kier alpha value is -2.40. The van der Waals surface area contributed by atoms with Gasteiger partial charge in [0.25, 0.3) is 0 Å². The van der Waals surface area contributed by atoms with E-state index in [1.54, 1.807) is 0 Å². The van der Waals surface area contributed by atoms with E-state index in [-0.39, 0.29) is 11.5 Å². The fourth-order valence-electron chi connectivity index (χ4n) is 1.98. The van der Waals surface area contributed by atoms with Gasteiger partial charge in [-0.15, -0.1) is 0 Å². The maximum Gasteiger partial charge on any atom is 0.313 e. The molecule has 2 N–H and O–H groups in total. The third-order valence-electron chi connectivity index (χ3n) is 3.05. The van der Waals surface area contributed by atoms with Crippen molar-refractivity contribution >= 4 is 27.3 Å². The standard InChI is InChI=1S/C13H13N3O4S/c14-7-9-1-3-10(4-2-9)15-12(17)13(18)16-11-5-6-21(19,20)8-11/h1-4,11H,5-6,8H2,(H,15,17)(H,16,18). The molecule has 1 aliphatic heterocycles. The first kappa shape index (κ1) is 15.0. The molecule has 1 aromatic carbocycles. The summed E-state index contributed by atoms with van der Waals surface area (Å²) in [6, 6.07) is 7.45. The van der Waals surface area contributed by atoms with E-state index in [0.29, 0.717) is 17.7 Å². The van der Waals surface area contributed by atoms with Crippen LogP contribution in [-0.4, -0.2) is 37.8 Å². The zero-order valence-electron chi connectivity index (χ0n) is 11.0. The van der Waals surface area contributed by atoms with Crippen LogP contribution in [0.5, 0.6) is 0 Å². The number of carbonyl (C=O) groups excluding carboxylic acids is 2. The summed E-state index contributed by atoms with van der Waals surface area (Å²) >= 11 is 0. The average molecular weight is 307 g/mol. The van der Waals surface area contributed by atoms with Crippen molar-refractivity contribution in [2.24, 2.45) is 0 Å². The fraction of sp³-hybridized carbons (Fsp3) is 0.308. The van der Waals surface area contributed by atoms with Gasteiger partial charge in [0.15, 0.2) is 9.84 Å². The van der Waals surface area contributed by atoms with Crippen LogP contribution in [0.25, 0.3) is 0 Å². The highest BCUT2D eigenvalue weighted by Gasteiger charge is 2.30. The Bertz CT molecular complexity index is 704. The second-order valence-corrected chi connectivity index (χ2v) is 6.95. The van der Waals surface area contributed by atoms with Gasteiger partial charge in [-0.3, -0.25) is 9.59 Å². The van der Waals surface area contributed by atoms with Gasteiger partial charge in [0, 0.05) is 11.7 Å². The minimum absolute atomic E-state index is 0.0230. The zero-order chi connectivity index (χ0) is 15.5. The SMILES string of the molecule is N#Cc1ccc(NC(=O)C(=O)NC2CCS(=O)(=O)C2)cc1. The van der Waals surface area contributed by atoms with Crippen molar-refractivity contribution in [1.82, 2.24) is 5.32 Å². The quantitative estimate of drug-likeness (QED) is 0.734. The van der Waals surface area contributed by atoms with E-state index in [4.69, 9.17) is 5.26 Å². The second kappa shape index (κ2) is 5.93. The summed E-state index contributed by atoms with van der Waals surface area (Å²) in [5.74, 6) is -1.86. The number of amides is 2. The Morgan fingerprint density at radius 2 is 1.86 bits per heavy atom. The van der Waals surface area contributed by atoms with Crippen LogP contribution in [0.3, 0.4) is 0 Å². The van der Waals surface area contributed by atoms with Gasteiger partial charge < -0.3 is 10.6 Å². The van der Waals surface area contributed by atoms with E-state index in [1.165, 1.54) is 24.3 Å². The normalized spacial score (nSPS) is 19.5. The van der Waals surface area contributed by atoms with Gasteiger partial charge in [0.1, 0.15) is 0 Å². The van der Waals surface area contributed by atoms with E-state index in [2.05, 4.69) is 10.6 Å². The molecule has 0 aliphatic carbocycles. The molecule has 1 saturated heterocycles. The van der Waals surface area contributed by atoms with Gasteiger partial charge in [-0.1, -0.05) is 0 Å². The third-order valence-corrected chi connectivity index (χ3v) is 4.81. The smallest absolute Gasteiger partial charge is 0.313 e. The molecule has 1 atom stereocenters. The van der Waals surface area contributed by atoms with Crippen LogP contribution in [0.2, 0.25) is 0 Å². The van der Waals surface area contributed by atoms with Gasteiger partial charge in [-0.25, -0.2) is 8.42 Å². The van der Waals surface area contributed by atoms with Crippen molar-refractivity contribution < 1.29 is 18.0 Å². The number of sulfone groups is 1. The molecular formula is C13H13N3O4S. The topological polar surface area (TPSA) is 116 Å². The molecule has 1 heterocycles. The maximum atomic E-state index is 11.7. The molecule has 1 fully saturated rings. The molecule has 0 saturated carbocycles. The van der Waals surface area contributed by atoms with E-state index in [9.17, 15) is 18.0 Å².